The maximum absolute atomic E-state index is 12.3. The van der Waals surface area contributed by atoms with Gasteiger partial charge in [-0.25, -0.2) is 13.4 Å². The van der Waals surface area contributed by atoms with E-state index in [1.807, 2.05) is 35.7 Å². The van der Waals surface area contributed by atoms with E-state index in [1.165, 1.54) is 35.6 Å². The summed E-state index contributed by atoms with van der Waals surface area (Å²) in [6, 6.07) is 15.6. The number of rotatable bonds is 6. The highest BCUT2D eigenvalue weighted by atomic mass is 32.2. The fraction of sp³-hybridized carbons (Fsp3) is 0.158. The Morgan fingerprint density at radius 1 is 1.11 bits per heavy atom. The Kier molecular flexibility index (Phi) is 5.57. The Morgan fingerprint density at radius 2 is 1.78 bits per heavy atom. The van der Waals surface area contributed by atoms with Crippen LogP contribution >= 0.6 is 11.3 Å². The molecule has 27 heavy (non-hydrogen) atoms. The SMILES string of the molecule is CC(Oc1ccc(S(C)(=O)=O)cc1)C(=O)Nc1nc(-c2ccccc2)cs1. The highest BCUT2D eigenvalue weighted by Gasteiger charge is 2.17. The predicted octanol–water partition coefficient (Wildman–Crippen LogP) is 3.62. The molecular formula is C19H18N2O4S2. The van der Waals surface area contributed by atoms with E-state index in [9.17, 15) is 13.2 Å². The number of hydrogen-bond acceptors (Lipinski definition) is 6. The molecule has 0 bridgehead atoms. The molecule has 0 saturated carbocycles. The molecule has 0 aliphatic carbocycles. The van der Waals surface area contributed by atoms with Gasteiger partial charge in [0.15, 0.2) is 21.1 Å². The predicted molar refractivity (Wildman–Crippen MR) is 106 cm³/mol. The second kappa shape index (κ2) is 7.89. The van der Waals surface area contributed by atoms with E-state index < -0.39 is 15.9 Å². The fourth-order valence-electron chi connectivity index (χ4n) is 2.30. The summed E-state index contributed by atoms with van der Waals surface area (Å²) in [5.41, 5.74) is 1.77. The summed E-state index contributed by atoms with van der Waals surface area (Å²) in [7, 11) is -3.27. The summed E-state index contributed by atoms with van der Waals surface area (Å²) < 4.78 is 28.5. The number of nitrogens with zero attached hydrogens (tertiary/aromatic N) is 1. The summed E-state index contributed by atoms with van der Waals surface area (Å²) in [5, 5.41) is 5.10. The molecule has 0 spiro atoms. The number of thiazole rings is 1. The lowest BCUT2D eigenvalue weighted by atomic mass is 10.2. The second-order valence-corrected chi connectivity index (χ2v) is 8.77. The monoisotopic (exact) mass is 402 g/mol. The fourth-order valence-corrected chi connectivity index (χ4v) is 3.66. The van der Waals surface area contributed by atoms with Crippen LogP contribution in [-0.4, -0.2) is 31.7 Å². The standard InChI is InChI=1S/C19H18N2O4S2/c1-13(25-15-8-10-16(11-9-15)27(2,23)24)18(22)21-19-20-17(12-26-19)14-6-4-3-5-7-14/h3-13H,1-2H3,(H,20,21,22). The topological polar surface area (TPSA) is 85.4 Å². The lowest BCUT2D eigenvalue weighted by Gasteiger charge is -2.14. The molecule has 140 valence electrons. The van der Waals surface area contributed by atoms with E-state index in [4.69, 9.17) is 4.74 Å². The van der Waals surface area contributed by atoms with Crippen LogP contribution in [0.3, 0.4) is 0 Å². The molecule has 0 radical (unpaired) electrons. The second-order valence-electron chi connectivity index (χ2n) is 5.90. The highest BCUT2D eigenvalue weighted by molar-refractivity contribution is 7.90. The minimum absolute atomic E-state index is 0.197. The maximum Gasteiger partial charge on any atom is 0.266 e. The summed E-state index contributed by atoms with van der Waals surface area (Å²) in [6.45, 7) is 1.62. The lowest BCUT2D eigenvalue weighted by molar-refractivity contribution is -0.122. The van der Waals surface area contributed by atoms with Crippen LogP contribution < -0.4 is 10.1 Å². The Labute approximate surface area is 161 Å². The van der Waals surface area contributed by atoms with Crippen molar-refractivity contribution in [2.24, 2.45) is 0 Å². The van der Waals surface area contributed by atoms with Crippen molar-refractivity contribution in [2.45, 2.75) is 17.9 Å². The molecule has 1 amide bonds. The van der Waals surface area contributed by atoms with Gasteiger partial charge in [-0.3, -0.25) is 10.1 Å². The quantitative estimate of drug-likeness (QED) is 0.681. The number of ether oxygens (including phenoxy) is 1. The normalized spacial score (nSPS) is 12.4. The molecule has 1 aromatic heterocycles. The molecule has 1 unspecified atom stereocenters. The number of sulfone groups is 1. The van der Waals surface area contributed by atoms with Crippen LogP contribution in [0.2, 0.25) is 0 Å². The maximum atomic E-state index is 12.3. The van der Waals surface area contributed by atoms with Gasteiger partial charge in [-0.15, -0.1) is 11.3 Å². The minimum Gasteiger partial charge on any atom is -0.481 e. The molecule has 3 rings (SSSR count). The van der Waals surface area contributed by atoms with Crippen molar-refractivity contribution in [3.8, 4) is 17.0 Å². The van der Waals surface area contributed by atoms with Gasteiger partial charge in [0.2, 0.25) is 0 Å². The third-order valence-corrected chi connectivity index (χ3v) is 5.62. The van der Waals surface area contributed by atoms with E-state index in [-0.39, 0.29) is 10.8 Å². The first-order valence-electron chi connectivity index (χ1n) is 8.11. The van der Waals surface area contributed by atoms with Gasteiger partial charge in [-0.1, -0.05) is 30.3 Å². The van der Waals surface area contributed by atoms with Crippen LogP contribution in [0.4, 0.5) is 5.13 Å². The molecule has 0 aliphatic heterocycles. The average molecular weight is 402 g/mol. The average Bonchev–Trinajstić information content (AvgIpc) is 3.10. The summed E-state index contributed by atoms with van der Waals surface area (Å²) in [6.07, 6.45) is 0.370. The van der Waals surface area contributed by atoms with Gasteiger partial charge in [0.05, 0.1) is 10.6 Å². The number of aromatic nitrogens is 1. The molecule has 0 fully saturated rings. The Bertz CT molecular complexity index is 1030. The molecule has 8 heteroatoms. The minimum atomic E-state index is -3.27. The van der Waals surface area contributed by atoms with Gasteiger partial charge < -0.3 is 4.74 Å². The van der Waals surface area contributed by atoms with Crippen LogP contribution in [0.5, 0.6) is 5.75 Å². The number of benzene rings is 2. The van der Waals surface area contributed by atoms with Crippen molar-refractivity contribution in [2.75, 3.05) is 11.6 Å². The summed E-state index contributed by atoms with van der Waals surface area (Å²) >= 11 is 1.34. The van der Waals surface area contributed by atoms with Gasteiger partial charge in [-0.05, 0) is 31.2 Å². The molecule has 1 N–H and O–H groups in total. The van der Waals surface area contributed by atoms with Gasteiger partial charge in [0.25, 0.3) is 5.91 Å². The number of amides is 1. The van der Waals surface area contributed by atoms with E-state index in [0.29, 0.717) is 10.9 Å². The molecular weight excluding hydrogens is 384 g/mol. The Balaban J connectivity index is 1.62. The number of nitrogens with one attached hydrogen (secondary N) is 1. The van der Waals surface area contributed by atoms with Crippen molar-refractivity contribution in [3.63, 3.8) is 0 Å². The van der Waals surface area contributed by atoms with Gasteiger partial charge in [-0.2, -0.15) is 0 Å². The highest BCUT2D eigenvalue weighted by Crippen LogP contribution is 2.25. The van der Waals surface area contributed by atoms with Gasteiger partial charge in [0, 0.05) is 17.2 Å². The molecule has 1 heterocycles. The first-order valence-corrected chi connectivity index (χ1v) is 10.9. The number of anilines is 1. The molecule has 6 nitrogen and oxygen atoms in total. The van der Waals surface area contributed by atoms with Crippen LogP contribution in [0.1, 0.15) is 6.92 Å². The lowest BCUT2D eigenvalue weighted by Crippen LogP contribution is -2.30. The smallest absolute Gasteiger partial charge is 0.266 e. The third-order valence-electron chi connectivity index (χ3n) is 3.74. The van der Waals surface area contributed by atoms with E-state index in [1.54, 1.807) is 6.92 Å². The van der Waals surface area contributed by atoms with Crippen molar-refractivity contribution in [1.29, 1.82) is 0 Å². The zero-order valence-corrected chi connectivity index (χ0v) is 16.4. The van der Waals surface area contributed by atoms with Gasteiger partial charge >= 0.3 is 0 Å². The number of carbonyl (C=O) groups excluding carboxylic acids is 1. The molecule has 0 aliphatic rings. The summed E-state index contributed by atoms with van der Waals surface area (Å²) in [5.74, 6) is 0.0744. The molecule has 1 atom stereocenters. The zero-order chi connectivity index (χ0) is 19.4. The molecule has 2 aromatic carbocycles. The van der Waals surface area contributed by atoms with Crippen molar-refractivity contribution < 1.29 is 17.9 Å². The van der Waals surface area contributed by atoms with Crippen LogP contribution in [-0.2, 0) is 14.6 Å². The van der Waals surface area contributed by atoms with Crippen molar-refractivity contribution in [3.05, 3.63) is 60.0 Å². The summed E-state index contributed by atoms with van der Waals surface area (Å²) in [4.78, 5) is 16.9. The van der Waals surface area contributed by atoms with Crippen molar-refractivity contribution >= 4 is 32.2 Å². The van der Waals surface area contributed by atoms with Crippen LogP contribution in [0.25, 0.3) is 11.3 Å². The number of hydrogen-bond donors (Lipinski definition) is 1. The first kappa shape index (κ1) is 19.1. The largest absolute Gasteiger partial charge is 0.481 e. The number of carbonyl (C=O) groups is 1. The zero-order valence-electron chi connectivity index (χ0n) is 14.7. The van der Waals surface area contributed by atoms with Crippen molar-refractivity contribution in [1.82, 2.24) is 4.98 Å². The Hall–Kier alpha value is -2.71. The van der Waals surface area contributed by atoms with E-state index >= 15 is 0 Å². The van der Waals surface area contributed by atoms with Gasteiger partial charge in [0.1, 0.15) is 5.75 Å². The third kappa shape index (κ3) is 4.93. The van der Waals surface area contributed by atoms with E-state index in [0.717, 1.165) is 17.5 Å². The molecule has 3 aromatic rings. The van der Waals surface area contributed by atoms with Crippen LogP contribution in [0, 0.1) is 0 Å². The Morgan fingerprint density at radius 3 is 2.41 bits per heavy atom. The van der Waals surface area contributed by atoms with Crippen LogP contribution in [0.15, 0.2) is 64.9 Å². The molecule has 0 saturated heterocycles. The first-order chi connectivity index (χ1) is 12.8. The van der Waals surface area contributed by atoms with E-state index in [2.05, 4.69) is 10.3 Å².